The maximum Gasteiger partial charge on any atom is 0.333 e. The molecule has 0 saturated heterocycles. The number of benzene rings is 8. The van der Waals surface area contributed by atoms with E-state index in [1.807, 2.05) is 0 Å². The van der Waals surface area contributed by atoms with E-state index >= 15 is 0 Å². The minimum absolute atomic E-state index is 0.0303. The second-order valence-electron chi connectivity index (χ2n) is 19.2. The van der Waals surface area contributed by atoms with E-state index in [1.54, 1.807) is 0 Å². The van der Waals surface area contributed by atoms with Crippen molar-refractivity contribution in [2.24, 2.45) is 0 Å². The van der Waals surface area contributed by atoms with E-state index in [1.165, 1.54) is 155 Å². The monoisotopic (exact) mass is 826 g/mol. The van der Waals surface area contributed by atoms with Gasteiger partial charge in [0.05, 0.1) is 11.0 Å². The summed E-state index contributed by atoms with van der Waals surface area (Å²) in [7, 11) is 0. The first-order valence-electron chi connectivity index (χ1n) is 24.0. The molecule has 2 aliphatic heterocycles. The van der Waals surface area contributed by atoms with Crippen LogP contribution in [-0.2, 0) is 18.3 Å². The average Bonchev–Trinajstić information content (AvgIpc) is 3.80. The van der Waals surface area contributed by atoms with Gasteiger partial charge in [-0.05, 0) is 140 Å². The zero-order chi connectivity index (χ0) is 43.1. The molecule has 3 aliphatic rings. The van der Waals surface area contributed by atoms with E-state index in [9.17, 15) is 0 Å². The smallest absolute Gasteiger partial charge is 0.333 e. The Kier molecular flexibility index (Phi) is 9.34. The number of rotatable bonds is 11. The first-order chi connectivity index (χ1) is 31.5. The molecule has 2 nitrogen and oxygen atoms in total. The third kappa shape index (κ3) is 5.86. The Hall–Kier alpha value is -6.58. The van der Waals surface area contributed by atoms with Crippen LogP contribution in [0.5, 0.6) is 0 Å². The van der Waals surface area contributed by atoms with Crippen molar-refractivity contribution in [1.29, 1.82) is 0 Å². The topological polar surface area (TPSA) is 8.17 Å². The molecule has 3 heteroatoms. The standard InChI is InChI=1S/C61H55BN2/c1-5-7-10-20-40-30-33-43(34-31-40)64-57-39-53-48(46-26-16-18-28-52(46)61(53,3)4)37-49(57)51-38-50(45-25-15-14-24-44(45)42-22-12-9-13-23-42)58-47-27-17-19-29-55(47)63-56-35-32-41(21-11-8-6-2)36-54(56)62(64)59(51)60(58)63/h9,12-19,22-39H,5-8,10-11,20-21H2,1-4H3. The zero-order valence-electron chi connectivity index (χ0n) is 37.7. The van der Waals surface area contributed by atoms with Gasteiger partial charge in [0.25, 0.3) is 0 Å². The van der Waals surface area contributed by atoms with Crippen LogP contribution in [0.15, 0.2) is 164 Å². The molecule has 0 saturated carbocycles. The molecule has 0 fully saturated rings. The molecular weight excluding hydrogens is 771 g/mol. The van der Waals surface area contributed by atoms with Crippen molar-refractivity contribution in [2.75, 3.05) is 4.81 Å². The number of para-hydroxylation sites is 1. The predicted molar refractivity (Wildman–Crippen MR) is 275 cm³/mol. The number of aromatic nitrogens is 1. The summed E-state index contributed by atoms with van der Waals surface area (Å²) in [5.41, 5.74) is 25.2. The molecule has 0 spiro atoms. The van der Waals surface area contributed by atoms with Crippen molar-refractivity contribution in [3.05, 3.63) is 186 Å². The maximum absolute atomic E-state index is 2.75. The average molecular weight is 827 g/mol. The van der Waals surface area contributed by atoms with Crippen molar-refractivity contribution >= 4 is 51.0 Å². The number of nitrogens with zero attached hydrogens (tertiary/aromatic N) is 2. The summed E-state index contributed by atoms with van der Waals surface area (Å²) in [6, 6.07) is 63.3. The van der Waals surface area contributed by atoms with Crippen LogP contribution in [0.2, 0.25) is 0 Å². The Morgan fingerprint density at radius 2 is 1.14 bits per heavy atom. The van der Waals surface area contributed by atoms with Gasteiger partial charge >= 0.3 is 6.85 Å². The van der Waals surface area contributed by atoms with Gasteiger partial charge in [0.15, 0.2) is 0 Å². The largest absolute Gasteiger partial charge is 0.376 e. The molecule has 0 radical (unpaired) electrons. The highest BCUT2D eigenvalue weighted by Crippen LogP contribution is 2.55. The molecule has 8 aromatic carbocycles. The van der Waals surface area contributed by atoms with Gasteiger partial charge in [-0.15, -0.1) is 0 Å². The molecular formula is C61H55BN2. The van der Waals surface area contributed by atoms with E-state index in [4.69, 9.17) is 0 Å². The zero-order valence-corrected chi connectivity index (χ0v) is 37.7. The highest BCUT2D eigenvalue weighted by molar-refractivity contribution is 6.93. The van der Waals surface area contributed by atoms with Gasteiger partial charge in [-0.2, -0.15) is 0 Å². The van der Waals surface area contributed by atoms with Crippen molar-refractivity contribution in [3.63, 3.8) is 0 Å². The molecule has 3 heterocycles. The van der Waals surface area contributed by atoms with Crippen LogP contribution >= 0.6 is 0 Å². The van der Waals surface area contributed by atoms with Gasteiger partial charge in [-0.1, -0.05) is 175 Å². The molecule has 1 aromatic heterocycles. The van der Waals surface area contributed by atoms with Crippen molar-refractivity contribution < 1.29 is 0 Å². The second-order valence-corrected chi connectivity index (χ2v) is 19.2. The number of aryl methyl sites for hydroxylation is 2. The van der Waals surface area contributed by atoms with Crippen LogP contribution in [0.4, 0.5) is 11.4 Å². The van der Waals surface area contributed by atoms with Crippen LogP contribution in [0, 0.1) is 0 Å². The Morgan fingerprint density at radius 3 is 1.92 bits per heavy atom. The maximum atomic E-state index is 2.75. The van der Waals surface area contributed by atoms with Crippen molar-refractivity contribution in [3.8, 4) is 50.2 Å². The van der Waals surface area contributed by atoms with E-state index in [2.05, 4.69) is 201 Å². The number of hydrogen-bond donors (Lipinski definition) is 0. The molecule has 0 bridgehead atoms. The third-order valence-corrected chi connectivity index (χ3v) is 15.0. The van der Waals surface area contributed by atoms with Crippen molar-refractivity contribution in [1.82, 2.24) is 4.57 Å². The Morgan fingerprint density at radius 1 is 0.484 bits per heavy atom. The first-order valence-corrected chi connectivity index (χ1v) is 24.0. The summed E-state index contributed by atoms with van der Waals surface area (Å²) in [5, 5.41) is 2.64. The Balaban J connectivity index is 1.22. The van der Waals surface area contributed by atoms with E-state index in [-0.39, 0.29) is 12.3 Å². The third-order valence-electron chi connectivity index (χ3n) is 15.0. The summed E-state index contributed by atoms with van der Waals surface area (Å²) >= 11 is 0. The fourth-order valence-electron chi connectivity index (χ4n) is 11.9. The first kappa shape index (κ1) is 39.0. The van der Waals surface area contributed by atoms with Gasteiger partial charge in [0.2, 0.25) is 0 Å². The van der Waals surface area contributed by atoms with E-state index in [0.717, 1.165) is 12.8 Å². The fourth-order valence-corrected chi connectivity index (χ4v) is 11.9. The lowest BCUT2D eigenvalue weighted by atomic mass is 9.43. The number of anilines is 2. The highest BCUT2D eigenvalue weighted by Gasteiger charge is 2.46. The molecule has 0 atom stereocenters. The number of unbranched alkanes of at least 4 members (excludes halogenated alkanes) is 4. The molecule has 12 rings (SSSR count). The number of fused-ring (bicyclic) bond motifs is 11. The summed E-state index contributed by atoms with van der Waals surface area (Å²) in [4.78, 5) is 2.75. The van der Waals surface area contributed by atoms with Gasteiger partial charge < -0.3 is 9.38 Å². The molecule has 0 N–H and O–H groups in total. The number of hydrogen-bond acceptors (Lipinski definition) is 1. The highest BCUT2D eigenvalue weighted by atomic mass is 15.1. The lowest BCUT2D eigenvalue weighted by Gasteiger charge is -2.43. The molecule has 312 valence electrons. The van der Waals surface area contributed by atoms with Gasteiger partial charge in [0, 0.05) is 38.8 Å². The van der Waals surface area contributed by atoms with Gasteiger partial charge in [-0.25, -0.2) is 0 Å². The second kappa shape index (κ2) is 15.3. The summed E-state index contributed by atoms with van der Waals surface area (Å²) < 4.78 is 2.64. The minimum atomic E-state index is -0.136. The summed E-state index contributed by atoms with van der Waals surface area (Å²) in [5.74, 6) is 0. The normalized spacial score (nSPS) is 13.9. The Bertz CT molecular complexity index is 3280. The molecule has 0 unspecified atom stereocenters. The quantitative estimate of drug-likeness (QED) is 0.0931. The summed E-state index contributed by atoms with van der Waals surface area (Å²) in [6.07, 6.45) is 9.61. The van der Waals surface area contributed by atoms with Gasteiger partial charge in [0.1, 0.15) is 0 Å². The molecule has 1 aliphatic carbocycles. The predicted octanol–water partition coefficient (Wildman–Crippen LogP) is 15.1. The molecule has 9 aromatic rings. The Labute approximate surface area is 379 Å². The van der Waals surface area contributed by atoms with Crippen LogP contribution in [0.25, 0.3) is 72.0 Å². The lowest BCUT2D eigenvalue weighted by Crippen LogP contribution is -2.60. The van der Waals surface area contributed by atoms with Crippen LogP contribution < -0.4 is 15.7 Å². The van der Waals surface area contributed by atoms with E-state index in [0.29, 0.717) is 0 Å². The molecule has 0 amide bonds. The van der Waals surface area contributed by atoms with Gasteiger partial charge in [-0.3, -0.25) is 0 Å². The van der Waals surface area contributed by atoms with E-state index < -0.39 is 0 Å². The summed E-state index contributed by atoms with van der Waals surface area (Å²) in [6.45, 7) is 9.43. The van der Waals surface area contributed by atoms with Crippen LogP contribution in [0.3, 0.4) is 0 Å². The van der Waals surface area contributed by atoms with Crippen molar-refractivity contribution in [2.45, 2.75) is 84.5 Å². The lowest BCUT2D eigenvalue weighted by molar-refractivity contribution is 0.660. The molecule has 64 heavy (non-hydrogen) atoms. The fraction of sp³-hybridized carbons (Fsp3) is 0.213. The van der Waals surface area contributed by atoms with Crippen LogP contribution in [-0.4, -0.2) is 11.4 Å². The minimum Gasteiger partial charge on any atom is -0.376 e. The van der Waals surface area contributed by atoms with Crippen LogP contribution in [0.1, 0.15) is 88.5 Å². The SMILES string of the molecule is CCCCCc1ccc(N2B3c4cc(CCCCC)ccc4-n4c5ccccc5c5c(-c6ccccc6-c6ccccc6)cc(c3c54)-c3cc4c(cc32)C(C)(C)c2ccccc2-4)cc1.